The Morgan fingerprint density at radius 2 is 1.83 bits per heavy atom. The number of amides is 1. The quantitative estimate of drug-likeness (QED) is 0.754. The van der Waals surface area contributed by atoms with E-state index in [0.29, 0.717) is 24.6 Å². The highest BCUT2D eigenvalue weighted by atomic mass is 16.6. The number of fused-ring (bicyclic) bond motifs is 1. The number of piperidine rings is 1. The number of hydrogen-bond donors (Lipinski definition) is 0. The Hall–Kier alpha value is -0.770. The van der Waals surface area contributed by atoms with Crippen molar-refractivity contribution in [3.63, 3.8) is 0 Å². The summed E-state index contributed by atoms with van der Waals surface area (Å²) in [7, 11) is 0. The second-order valence-electron chi connectivity index (χ2n) is 6.25. The van der Waals surface area contributed by atoms with Gasteiger partial charge in [-0.2, -0.15) is 0 Å². The molecule has 3 fully saturated rings. The van der Waals surface area contributed by atoms with Crippen LogP contribution in [0, 0.1) is 5.92 Å². The minimum atomic E-state index is -0.0764. The number of ether oxygens (including phenoxy) is 1. The average molecular weight is 252 g/mol. The van der Waals surface area contributed by atoms with Crippen LogP contribution in [0.3, 0.4) is 0 Å². The fourth-order valence-electron chi connectivity index (χ4n) is 3.93. The third kappa shape index (κ3) is 1.91. The summed E-state index contributed by atoms with van der Waals surface area (Å²) < 4.78 is 5.31. The fourth-order valence-corrected chi connectivity index (χ4v) is 3.93. The predicted molar refractivity (Wildman–Crippen MR) is 69.4 cm³/mol. The highest BCUT2D eigenvalue weighted by molar-refractivity contribution is 5.70. The standard InChI is InChI=1S/C14H24N2O2/c1-10(2)13-9-18-14(17)16(13)12-6-4-8-15-7-3-5-11(12)15/h10-13H,3-9H2,1-2H3/t11-,12-,13+/m0/s1. The Bertz CT molecular complexity index is 332. The zero-order valence-corrected chi connectivity index (χ0v) is 11.5. The van der Waals surface area contributed by atoms with E-state index >= 15 is 0 Å². The summed E-state index contributed by atoms with van der Waals surface area (Å²) in [6.45, 7) is 7.40. The zero-order valence-electron chi connectivity index (χ0n) is 11.5. The van der Waals surface area contributed by atoms with Crippen molar-refractivity contribution in [3.05, 3.63) is 0 Å². The molecule has 102 valence electrons. The number of carbonyl (C=O) groups is 1. The molecule has 3 atom stereocenters. The second-order valence-corrected chi connectivity index (χ2v) is 6.25. The lowest BCUT2D eigenvalue weighted by molar-refractivity contribution is 0.0624. The van der Waals surface area contributed by atoms with E-state index < -0.39 is 0 Å². The van der Waals surface area contributed by atoms with Gasteiger partial charge in [0.15, 0.2) is 0 Å². The predicted octanol–water partition coefficient (Wildman–Crippen LogP) is 2.09. The lowest BCUT2D eigenvalue weighted by Gasteiger charge is -2.43. The van der Waals surface area contributed by atoms with Gasteiger partial charge in [-0.3, -0.25) is 9.80 Å². The third-order valence-electron chi connectivity index (χ3n) is 4.88. The molecule has 0 N–H and O–H groups in total. The smallest absolute Gasteiger partial charge is 0.410 e. The number of carbonyl (C=O) groups excluding carboxylic acids is 1. The second kappa shape index (κ2) is 4.72. The molecule has 0 aromatic heterocycles. The molecular formula is C14H24N2O2. The van der Waals surface area contributed by atoms with Gasteiger partial charge in [0.2, 0.25) is 0 Å². The van der Waals surface area contributed by atoms with Crippen LogP contribution in [0.5, 0.6) is 0 Å². The molecular weight excluding hydrogens is 228 g/mol. The van der Waals surface area contributed by atoms with Crippen LogP contribution in [0.25, 0.3) is 0 Å². The van der Waals surface area contributed by atoms with Gasteiger partial charge in [0.05, 0.1) is 12.1 Å². The van der Waals surface area contributed by atoms with Crippen LogP contribution in [0.2, 0.25) is 0 Å². The van der Waals surface area contributed by atoms with Crippen molar-refractivity contribution in [1.29, 1.82) is 0 Å². The maximum Gasteiger partial charge on any atom is 0.410 e. The van der Waals surface area contributed by atoms with Gasteiger partial charge in [-0.25, -0.2) is 4.79 Å². The molecule has 0 radical (unpaired) electrons. The maximum atomic E-state index is 12.1. The summed E-state index contributed by atoms with van der Waals surface area (Å²) in [5, 5.41) is 0. The summed E-state index contributed by atoms with van der Waals surface area (Å²) in [5.74, 6) is 0.480. The number of hydrogen-bond acceptors (Lipinski definition) is 3. The van der Waals surface area contributed by atoms with Crippen LogP contribution < -0.4 is 0 Å². The fraction of sp³-hybridized carbons (Fsp3) is 0.929. The summed E-state index contributed by atoms with van der Waals surface area (Å²) in [6, 6.07) is 1.26. The molecule has 0 aliphatic carbocycles. The van der Waals surface area contributed by atoms with Gasteiger partial charge in [0.25, 0.3) is 0 Å². The molecule has 0 bridgehead atoms. The van der Waals surface area contributed by atoms with E-state index in [9.17, 15) is 4.79 Å². The van der Waals surface area contributed by atoms with E-state index in [-0.39, 0.29) is 12.1 Å². The maximum absolute atomic E-state index is 12.1. The Labute approximate surface area is 109 Å². The number of rotatable bonds is 2. The monoisotopic (exact) mass is 252 g/mol. The first-order chi connectivity index (χ1) is 8.68. The van der Waals surface area contributed by atoms with Gasteiger partial charge >= 0.3 is 6.09 Å². The highest BCUT2D eigenvalue weighted by Crippen LogP contribution is 2.34. The van der Waals surface area contributed by atoms with Crippen molar-refractivity contribution >= 4 is 6.09 Å². The van der Waals surface area contributed by atoms with Crippen molar-refractivity contribution in [3.8, 4) is 0 Å². The third-order valence-corrected chi connectivity index (χ3v) is 4.88. The summed E-state index contributed by atoms with van der Waals surface area (Å²) in [4.78, 5) is 16.7. The van der Waals surface area contributed by atoms with Gasteiger partial charge in [0.1, 0.15) is 6.61 Å². The minimum Gasteiger partial charge on any atom is -0.447 e. The van der Waals surface area contributed by atoms with Gasteiger partial charge in [-0.05, 0) is 44.7 Å². The molecule has 1 amide bonds. The molecule has 3 aliphatic heterocycles. The molecule has 3 rings (SSSR count). The van der Waals surface area contributed by atoms with E-state index in [1.807, 2.05) is 0 Å². The molecule has 0 aromatic rings. The van der Waals surface area contributed by atoms with Crippen LogP contribution >= 0.6 is 0 Å². The molecule has 3 aliphatic rings. The Morgan fingerprint density at radius 3 is 2.50 bits per heavy atom. The Balaban J connectivity index is 1.81. The number of cyclic esters (lactones) is 1. The van der Waals surface area contributed by atoms with Crippen LogP contribution in [0.15, 0.2) is 0 Å². The summed E-state index contributed by atoms with van der Waals surface area (Å²) in [6.07, 6.45) is 4.83. The van der Waals surface area contributed by atoms with E-state index in [4.69, 9.17) is 4.74 Å². The highest BCUT2D eigenvalue weighted by Gasteiger charge is 2.46. The first kappa shape index (κ1) is 12.3. The van der Waals surface area contributed by atoms with E-state index in [1.165, 1.54) is 32.4 Å². The van der Waals surface area contributed by atoms with Gasteiger partial charge in [-0.15, -0.1) is 0 Å². The molecule has 0 aromatic carbocycles. The molecule has 3 saturated heterocycles. The van der Waals surface area contributed by atoms with Crippen molar-refractivity contribution < 1.29 is 9.53 Å². The zero-order chi connectivity index (χ0) is 12.7. The SMILES string of the molecule is CC(C)[C@H]1COC(=O)N1[C@H]1CCCN2CCC[C@@H]12. The van der Waals surface area contributed by atoms with E-state index in [2.05, 4.69) is 23.6 Å². The number of nitrogens with zero attached hydrogens (tertiary/aromatic N) is 2. The van der Waals surface area contributed by atoms with Gasteiger partial charge in [-0.1, -0.05) is 13.8 Å². The first-order valence-corrected chi connectivity index (χ1v) is 7.37. The lowest BCUT2D eigenvalue weighted by atomic mass is 9.92. The normalized spacial score (nSPS) is 37.2. The largest absolute Gasteiger partial charge is 0.447 e. The van der Waals surface area contributed by atoms with Crippen LogP contribution in [0.1, 0.15) is 39.5 Å². The van der Waals surface area contributed by atoms with Gasteiger partial charge < -0.3 is 4.74 Å². The summed E-state index contributed by atoms with van der Waals surface area (Å²) in [5.41, 5.74) is 0. The summed E-state index contributed by atoms with van der Waals surface area (Å²) >= 11 is 0. The van der Waals surface area contributed by atoms with Crippen LogP contribution in [0.4, 0.5) is 4.79 Å². The van der Waals surface area contributed by atoms with Crippen LogP contribution in [-0.2, 0) is 4.74 Å². The average Bonchev–Trinajstić information content (AvgIpc) is 2.94. The molecule has 4 nitrogen and oxygen atoms in total. The van der Waals surface area contributed by atoms with Crippen molar-refractivity contribution in [2.24, 2.45) is 5.92 Å². The molecule has 4 heteroatoms. The van der Waals surface area contributed by atoms with E-state index in [1.54, 1.807) is 0 Å². The Kier molecular flexibility index (Phi) is 3.22. The lowest BCUT2D eigenvalue weighted by Crippen LogP contribution is -2.56. The minimum absolute atomic E-state index is 0.0764. The van der Waals surface area contributed by atoms with Crippen molar-refractivity contribution in [1.82, 2.24) is 9.80 Å². The topological polar surface area (TPSA) is 32.8 Å². The first-order valence-electron chi connectivity index (χ1n) is 7.37. The van der Waals surface area contributed by atoms with E-state index in [0.717, 1.165) is 6.42 Å². The molecule has 0 saturated carbocycles. The Morgan fingerprint density at radius 1 is 1.17 bits per heavy atom. The molecule has 3 heterocycles. The van der Waals surface area contributed by atoms with Crippen molar-refractivity contribution in [2.75, 3.05) is 19.7 Å². The van der Waals surface area contributed by atoms with Gasteiger partial charge in [0, 0.05) is 6.04 Å². The molecule has 0 spiro atoms. The molecule has 18 heavy (non-hydrogen) atoms. The van der Waals surface area contributed by atoms with Crippen molar-refractivity contribution in [2.45, 2.75) is 57.7 Å². The molecule has 0 unspecified atom stereocenters. The van der Waals surface area contributed by atoms with Crippen LogP contribution in [-0.4, -0.2) is 53.7 Å².